The van der Waals surface area contributed by atoms with Crippen molar-refractivity contribution < 1.29 is 4.74 Å². The van der Waals surface area contributed by atoms with E-state index < -0.39 is 0 Å². The van der Waals surface area contributed by atoms with Gasteiger partial charge in [0, 0.05) is 50.5 Å². The van der Waals surface area contributed by atoms with Gasteiger partial charge in [-0.3, -0.25) is 9.67 Å². The number of rotatable bonds is 7. The molecule has 1 aliphatic heterocycles. The molecule has 1 aromatic heterocycles. The average Bonchev–Trinajstić information content (AvgIpc) is 3.23. The first-order valence-corrected chi connectivity index (χ1v) is 10.6. The minimum atomic E-state index is 0. The van der Waals surface area contributed by atoms with Gasteiger partial charge in [-0.2, -0.15) is 16.9 Å². The lowest BCUT2D eigenvalue weighted by Crippen LogP contribution is -2.47. The predicted molar refractivity (Wildman–Crippen MR) is 128 cm³/mol. The van der Waals surface area contributed by atoms with E-state index in [-0.39, 0.29) is 28.7 Å². The molecule has 1 aliphatic rings. The summed E-state index contributed by atoms with van der Waals surface area (Å²) in [7, 11) is 1.82. The van der Waals surface area contributed by atoms with Gasteiger partial charge in [0.1, 0.15) is 0 Å². The maximum Gasteiger partial charge on any atom is 0.191 e. The molecular weight excluding hydrogens is 485 g/mol. The van der Waals surface area contributed by atoms with Gasteiger partial charge in [0.15, 0.2) is 5.96 Å². The van der Waals surface area contributed by atoms with Crippen LogP contribution < -0.4 is 10.6 Å². The first kappa shape index (κ1) is 23.0. The highest BCUT2D eigenvalue weighted by atomic mass is 127. The smallest absolute Gasteiger partial charge is 0.191 e. The van der Waals surface area contributed by atoms with Crippen molar-refractivity contribution in [1.82, 2.24) is 20.4 Å². The Morgan fingerprint density at radius 3 is 2.61 bits per heavy atom. The molecule has 28 heavy (non-hydrogen) atoms. The Balaban J connectivity index is 0.00000280. The number of halogens is 1. The zero-order valence-corrected chi connectivity index (χ0v) is 19.7. The van der Waals surface area contributed by atoms with Gasteiger partial charge in [0.25, 0.3) is 0 Å². The zero-order valence-electron chi connectivity index (χ0n) is 16.6. The van der Waals surface area contributed by atoms with E-state index in [4.69, 9.17) is 4.74 Å². The van der Waals surface area contributed by atoms with Crippen LogP contribution in [0.2, 0.25) is 0 Å². The molecule has 0 unspecified atom stereocenters. The van der Waals surface area contributed by atoms with Crippen LogP contribution in [0.3, 0.4) is 0 Å². The van der Waals surface area contributed by atoms with Crippen LogP contribution in [0.4, 0.5) is 0 Å². The molecule has 1 fully saturated rings. The fourth-order valence-corrected chi connectivity index (χ4v) is 4.08. The monoisotopic (exact) mass is 515 g/mol. The van der Waals surface area contributed by atoms with Crippen molar-refractivity contribution in [3.63, 3.8) is 0 Å². The van der Waals surface area contributed by atoms with E-state index in [9.17, 15) is 0 Å². The maximum atomic E-state index is 5.53. The highest BCUT2D eigenvalue weighted by molar-refractivity contribution is 14.0. The van der Waals surface area contributed by atoms with Crippen LogP contribution in [0.1, 0.15) is 24.0 Å². The Bertz CT molecular complexity index is 732. The summed E-state index contributed by atoms with van der Waals surface area (Å²) < 4.78 is 7.70. The van der Waals surface area contributed by atoms with E-state index in [0.717, 1.165) is 51.6 Å². The van der Waals surface area contributed by atoms with Gasteiger partial charge >= 0.3 is 0 Å². The van der Waals surface area contributed by atoms with Crippen molar-refractivity contribution in [1.29, 1.82) is 0 Å². The lowest BCUT2D eigenvalue weighted by molar-refractivity contribution is 0.0783. The van der Waals surface area contributed by atoms with Crippen molar-refractivity contribution in [2.45, 2.75) is 30.7 Å². The summed E-state index contributed by atoms with van der Waals surface area (Å²) in [5.41, 5.74) is 2.51. The van der Waals surface area contributed by atoms with Crippen LogP contribution in [-0.2, 0) is 17.8 Å². The number of hydrogen-bond donors (Lipinski definition) is 2. The van der Waals surface area contributed by atoms with Crippen LogP contribution in [-0.4, -0.2) is 53.5 Å². The summed E-state index contributed by atoms with van der Waals surface area (Å²) in [4.78, 5) is 4.39. The molecule has 0 saturated carbocycles. The molecule has 3 rings (SSSR count). The van der Waals surface area contributed by atoms with E-state index in [1.54, 1.807) is 0 Å². The molecule has 0 atom stereocenters. The maximum absolute atomic E-state index is 5.53. The first-order chi connectivity index (χ1) is 13.2. The van der Waals surface area contributed by atoms with Crippen molar-refractivity contribution in [3.05, 3.63) is 53.9 Å². The fraction of sp³-hybridized carbons (Fsp3) is 0.500. The average molecular weight is 515 g/mol. The van der Waals surface area contributed by atoms with Crippen LogP contribution in [0.25, 0.3) is 0 Å². The molecule has 1 saturated heterocycles. The lowest BCUT2D eigenvalue weighted by Gasteiger charge is -2.36. The standard InChI is InChI=1S/C20H29N5OS.HI/c1-21-19(23-16-20(27-2)8-12-26-13-9-20)22-14-17-6-3-4-7-18(17)15-25-11-5-10-24-25;/h3-7,10-11H,8-9,12-16H2,1-2H3,(H2,21,22,23);1H. The van der Waals surface area contributed by atoms with E-state index >= 15 is 0 Å². The highest BCUT2D eigenvalue weighted by Gasteiger charge is 2.31. The van der Waals surface area contributed by atoms with Crippen molar-refractivity contribution in [2.75, 3.05) is 33.1 Å². The van der Waals surface area contributed by atoms with Crippen LogP contribution in [0, 0.1) is 0 Å². The molecule has 0 spiro atoms. The Labute approximate surface area is 188 Å². The Hall–Kier alpha value is -1.26. The van der Waals surface area contributed by atoms with Crippen LogP contribution in [0.5, 0.6) is 0 Å². The van der Waals surface area contributed by atoms with Gasteiger partial charge < -0.3 is 15.4 Å². The number of hydrogen-bond acceptors (Lipinski definition) is 4. The second-order valence-electron chi connectivity index (χ2n) is 6.75. The second kappa shape index (κ2) is 11.7. The van der Waals surface area contributed by atoms with Crippen LogP contribution in [0.15, 0.2) is 47.7 Å². The third-order valence-electron chi connectivity index (χ3n) is 5.09. The van der Waals surface area contributed by atoms with Gasteiger partial charge in [0.05, 0.1) is 6.54 Å². The molecule has 0 amide bonds. The molecule has 0 radical (unpaired) electrons. The first-order valence-electron chi connectivity index (χ1n) is 9.36. The van der Waals surface area contributed by atoms with Crippen molar-refractivity contribution in [2.24, 2.45) is 4.99 Å². The number of aromatic nitrogens is 2. The molecule has 2 aromatic rings. The van der Waals surface area contributed by atoms with Gasteiger partial charge in [-0.25, -0.2) is 0 Å². The Morgan fingerprint density at radius 1 is 1.21 bits per heavy atom. The summed E-state index contributed by atoms with van der Waals surface area (Å²) in [5.74, 6) is 0.837. The Kier molecular flexibility index (Phi) is 9.60. The molecule has 0 aliphatic carbocycles. The quantitative estimate of drug-likeness (QED) is 0.337. The molecule has 2 N–H and O–H groups in total. The minimum absolute atomic E-state index is 0. The largest absolute Gasteiger partial charge is 0.381 e. The zero-order chi connectivity index (χ0) is 19.0. The van der Waals surface area contributed by atoms with Gasteiger partial charge in [-0.1, -0.05) is 24.3 Å². The Morgan fingerprint density at radius 2 is 1.96 bits per heavy atom. The third kappa shape index (κ3) is 6.38. The molecular formula is C20H30IN5OS. The van der Waals surface area contributed by atoms with E-state index in [0.29, 0.717) is 0 Å². The number of aliphatic imine (C=N–C) groups is 1. The van der Waals surface area contributed by atoms with Crippen molar-refractivity contribution in [3.8, 4) is 0 Å². The number of nitrogens with zero attached hydrogens (tertiary/aromatic N) is 3. The third-order valence-corrected chi connectivity index (χ3v) is 6.51. The molecule has 154 valence electrons. The number of ether oxygens (including phenoxy) is 1. The van der Waals surface area contributed by atoms with Crippen LogP contribution >= 0.6 is 35.7 Å². The summed E-state index contributed by atoms with van der Waals surface area (Å²) in [6.07, 6.45) is 8.13. The summed E-state index contributed by atoms with van der Waals surface area (Å²) >= 11 is 1.93. The second-order valence-corrected chi connectivity index (χ2v) is 8.03. The molecule has 1 aromatic carbocycles. The molecule has 2 heterocycles. The summed E-state index contributed by atoms with van der Waals surface area (Å²) in [6, 6.07) is 10.4. The van der Waals surface area contributed by atoms with Gasteiger partial charge in [0.2, 0.25) is 0 Å². The van der Waals surface area contributed by atoms with E-state index in [1.807, 2.05) is 42.0 Å². The topological polar surface area (TPSA) is 63.5 Å². The molecule has 6 nitrogen and oxygen atoms in total. The molecule has 0 bridgehead atoms. The van der Waals surface area contributed by atoms with Crippen molar-refractivity contribution >= 4 is 41.7 Å². The highest BCUT2D eigenvalue weighted by Crippen LogP contribution is 2.32. The minimum Gasteiger partial charge on any atom is -0.381 e. The summed E-state index contributed by atoms with van der Waals surface area (Å²) in [6.45, 7) is 4.08. The number of nitrogens with one attached hydrogen (secondary N) is 2. The van der Waals surface area contributed by atoms with E-state index in [2.05, 4.69) is 51.2 Å². The fourth-order valence-electron chi connectivity index (χ4n) is 3.29. The summed E-state index contributed by atoms with van der Waals surface area (Å²) in [5, 5.41) is 11.3. The number of benzene rings is 1. The number of guanidine groups is 1. The predicted octanol–water partition coefficient (Wildman–Crippen LogP) is 3.13. The number of thioether (sulfide) groups is 1. The van der Waals surface area contributed by atoms with Gasteiger partial charge in [-0.15, -0.1) is 24.0 Å². The normalized spacial score (nSPS) is 16.3. The van der Waals surface area contributed by atoms with E-state index in [1.165, 1.54) is 11.1 Å². The molecule has 8 heteroatoms. The SMILES string of the molecule is CN=C(NCc1ccccc1Cn1cccn1)NCC1(SC)CCOCC1.I. The lowest BCUT2D eigenvalue weighted by atomic mass is 9.99. The van der Waals surface area contributed by atoms with Gasteiger partial charge in [-0.05, 0) is 36.3 Å².